The summed E-state index contributed by atoms with van der Waals surface area (Å²) in [5.41, 5.74) is 1.53. The van der Waals surface area contributed by atoms with Crippen molar-refractivity contribution in [3.05, 3.63) is 11.1 Å². The molecule has 2 aromatic rings. The summed E-state index contributed by atoms with van der Waals surface area (Å²) in [6.07, 6.45) is 5.11. The van der Waals surface area contributed by atoms with Gasteiger partial charge in [-0.15, -0.1) is 0 Å². The molecule has 0 aliphatic carbocycles. The molecule has 7 heteroatoms. The molecule has 3 rings (SSSR count). The number of hydrogen-bond acceptors (Lipinski definition) is 5. The normalized spacial score (nSPS) is 23.2. The van der Waals surface area contributed by atoms with E-state index in [1.54, 1.807) is 7.11 Å². The number of hydrogen-bond donors (Lipinski definition) is 1. The second-order valence-electron chi connectivity index (χ2n) is 5.33. The fraction of sp³-hybridized carbons (Fsp3) is 0.615. The van der Waals surface area contributed by atoms with Crippen LogP contribution in [0, 0.1) is 4.77 Å². The van der Waals surface area contributed by atoms with Crippen molar-refractivity contribution < 1.29 is 4.74 Å². The first-order valence-electron chi connectivity index (χ1n) is 6.91. The lowest BCUT2D eigenvalue weighted by Gasteiger charge is -2.40. The van der Waals surface area contributed by atoms with Crippen molar-refractivity contribution in [2.75, 3.05) is 12.1 Å². The number of H-pyrrole nitrogens is 1. The van der Waals surface area contributed by atoms with Gasteiger partial charge in [0.25, 0.3) is 0 Å². The third-order valence-electron chi connectivity index (χ3n) is 3.99. The van der Waals surface area contributed by atoms with E-state index in [1.165, 1.54) is 25.6 Å². The Balaban J connectivity index is 2.20. The molecule has 1 aliphatic heterocycles. The second-order valence-corrected chi connectivity index (χ2v) is 5.72. The van der Waals surface area contributed by atoms with E-state index in [4.69, 9.17) is 17.0 Å². The maximum absolute atomic E-state index is 5.49. The van der Waals surface area contributed by atoms with E-state index in [-0.39, 0.29) is 0 Å². The molecule has 0 spiro atoms. The number of nitrogens with zero attached hydrogens (tertiary/aromatic N) is 4. The Morgan fingerprint density at radius 2 is 2.00 bits per heavy atom. The average molecular weight is 293 g/mol. The van der Waals surface area contributed by atoms with Gasteiger partial charge in [-0.05, 0) is 45.3 Å². The standard InChI is InChI=1S/C13H19N5OS/c1-8-5-4-6-9(2)17(8)18-11-10(16-13(18)20)12(19-3)15-7-14-11/h7-9H,4-6H2,1-3H3,(H,16,20). The lowest BCUT2D eigenvalue weighted by molar-refractivity contribution is 0.338. The summed E-state index contributed by atoms with van der Waals surface area (Å²) >= 11 is 5.49. The number of nitrogens with one attached hydrogen (secondary N) is 1. The highest BCUT2D eigenvalue weighted by Crippen LogP contribution is 2.26. The quantitative estimate of drug-likeness (QED) is 0.862. The number of fused-ring (bicyclic) bond motifs is 1. The van der Waals surface area contributed by atoms with E-state index in [2.05, 4.69) is 33.8 Å². The van der Waals surface area contributed by atoms with Crippen molar-refractivity contribution in [2.45, 2.75) is 45.2 Å². The number of piperidine rings is 1. The van der Waals surface area contributed by atoms with Crippen LogP contribution >= 0.6 is 12.2 Å². The highest BCUT2D eigenvalue weighted by molar-refractivity contribution is 7.71. The highest BCUT2D eigenvalue weighted by atomic mass is 32.1. The Bertz CT molecular complexity index is 669. The predicted octanol–water partition coefficient (Wildman–Crippen LogP) is 2.40. The second kappa shape index (κ2) is 5.05. The number of methoxy groups -OCH3 is 1. The van der Waals surface area contributed by atoms with Crippen molar-refractivity contribution in [1.29, 1.82) is 0 Å². The van der Waals surface area contributed by atoms with Gasteiger partial charge in [0, 0.05) is 12.1 Å². The lowest BCUT2D eigenvalue weighted by atomic mass is 10.00. The van der Waals surface area contributed by atoms with Gasteiger partial charge in [-0.25, -0.2) is 9.66 Å². The number of aromatic amines is 1. The summed E-state index contributed by atoms with van der Waals surface area (Å²) in [5.74, 6) is 0.525. The molecular formula is C13H19N5OS. The number of rotatable bonds is 2. The number of imidazole rings is 1. The molecule has 2 unspecified atom stereocenters. The molecule has 1 fully saturated rings. The van der Waals surface area contributed by atoms with Gasteiger partial charge in [-0.3, -0.25) is 0 Å². The number of aromatic nitrogens is 4. The molecule has 0 aromatic carbocycles. The third kappa shape index (κ3) is 1.96. The van der Waals surface area contributed by atoms with Gasteiger partial charge in [-0.2, -0.15) is 4.98 Å². The SMILES string of the molecule is COc1ncnc2c1[nH]c(=S)n2N1C(C)CCCC1C. The van der Waals surface area contributed by atoms with Crippen molar-refractivity contribution >= 4 is 23.4 Å². The Morgan fingerprint density at radius 3 is 2.65 bits per heavy atom. The monoisotopic (exact) mass is 293 g/mol. The van der Waals surface area contributed by atoms with Gasteiger partial charge < -0.3 is 14.7 Å². The Labute approximate surface area is 122 Å². The van der Waals surface area contributed by atoms with Crippen molar-refractivity contribution in [2.24, 2.45) is 0 Å². The fourth-order valence-electron chi connectivity index (χ4n) is 3.06. The molecule has 3 heterocycles. The molecule has 1 N–H and O–H groups in total. The van der Waals surface area contributed by atoms with Crippen molar-refractivity contribution in [3.8, 4) is 5.88 Å². The molecule has 108 valence electrons. The number of ether oxygens (including phenoxy) is 1. The topological polar surface area (TPSA) is 59.0 Å². The summed E-state index contributed by atoms with van der Waals surface area (Å²) < 4.78 is 7.92. The van der Waals surface area contributed by atoms with Crippen LogP contribution in [0.5, 0.6) is 5.88 Å². The molecule has 0 saturated carbocycles. The van der Waals surface area contributed by atoms with Crippen LogP contribution in [0.25, 0.3) is 11.2 Å². The summed E-state index contributed by atoms with van der Waals surface area (Å²) in [6, 6.07) is 0.871. The minimum atomic E-state index is 0.436. The van der Waals surface area contributed by atoms with Gasteiger partial charge in [0.05, 0.1) is 7.11 Å². The van der Waals surface area contributed by atoms with Gasteiger partial charge in [0.2, 0.25) is 5.88 Å². The van der Waals surface area contributed by atoms with Crippen LogP contribution in [0.1, 0.15) is 33.1 Å². The first-order chi connectivity index (χ1) is 9.63. The smallest absolute Gasteiger partial charge is 0.243 e. The van der Waals surface area contributed by atoms with Crippen LogP contribution in [0.3, 0.4) is 0 Å². The average Bonchev–Trinajstić information content (AvgIpc) is 2.75. The van der Waals surface area contributed by atoms with E-state index in [1.807, 2.05) is 4.68 Å². The molecule has 20 heavy (non-hydrogen) atoms. The Morgan fingerprint density at radius 1 is 1.30 bits per heavy atom. The van der Waals surface area contributed by atoms with Crippen LogP contribution < -0.4 is 9.75 Å². The zero-order valence-electron chi connectivity index (χ0n) is 12.0. The zero-order chi connectivity index (χ0) is 14.3. The van der Waals surface area contributed by atoms with Crippen LogP contribution in [-0.4, -0.2) is 38.8 Å². The largest absolute Gasteiger partial charge is 0.479 e. The molecule has 6 nitrogen and oxygen atoms in total. The molecule has 0 radical (unpaired) electrons. The molecule has 0 amide bonds. The Kier molecular flexibility index (Phi) is 3.37. The lowest BCUT2D eigenvalue weighted by Crippen LogP contribution is -2.51. The van der Waals surface area contributed by atoms with Crippen LogP contribution in [0.2, 0.25) is 0 Å². The van der Waals surface area contributed by atoms with Crippen molar-refractivity contribution in [3.63, 3.8) is 0 Å². The minimum absolute atomic E-state index is 0.436. The fourth-order valence-corrected chi connectivity index (χ4v) is 3.34. The summed E-state index contributed by atoms with van der Waals surface area (Å²) in [7, 11) is 1.60. The maximum atomic E-state index is 5.49. The molecule has 1 aliphatic rings. The Hall–Kier alpha value is -1.63. The maximum Gasteiger partial charge on any atom is 0.243 e. The summed E-state index contributed by atoms with van der Waals surface area (Å²) in [5, 5.41) is 2.32. The van der Waals surface area contributed by atoms with Crippen LogP contribution in [-0.2, 0) is 0 Å². The third-order valence-corrected chi connectivity index (χ3v) is 4.26. The molecule has 1 saturated heterocycles. The van der Waals surface area contributed by atoms with Gasteiger partial charge >= 0.3 is 0 Å². The molecular weight excluding hydrogens is 274 g/mol. The molecule has 0 bridgehead atoms. The van der Waals surface area contributed by atoms with E-state index in [9.17, 15) is 0 Å². The van der Waals surface area contributed by atoms with Gasteiger partial charge in [-0.1, -0.05) is 0 Å². The van der Waals surface area contributed by atoms with Crippen LogP contribution in [0.15, 0.2) is 6.33 Å². The zero-order valence-corrected chi connectivity index (χ0v) is 12.8. The predicted molar refractivity (Wildman–Crippen MR) is 80.3 cm³/mol. The van der Waals surface area contributed by atoms with E-state index >= 15 is 0 Å². The summed E-state index contributed by atoms with van der Waals surface area (Å²) in [6.45, 7) is 4.46. The molecule has 2 aromatic heterocycles. The van der Waals surface area contributed by atoms with E-state index in [0.29, 0.717) is 22.7 Å². The first kappa shape index (κ1) is 13.4. The van der Waals surface area contributed by atoms with Gasteiger partial charge in [0.1, 0.15) is 11.8 Å². The summed E-state index contributed by atoms with van der Waals surface area (Å²) in [4.78, 5) is 11.7. The minimum Gasteiger partial charge on any atom is -0.479 e. The van der Waals surface area contributed by atoms with E-state index < -0.39 is 0 Å². The van der Waals surface area contributed by atoms with E-state index in [0.717, 1.165) is 11.2 Å². The molecule has 2 atom stereocenters. The first-order valence-corrected chi connectivity index (χ1v) is 7.32. The highest BCUT2D eigenvalue weighted by Gasteiger charge is 2.28. The van der Waals surface area contributed by atoms with Crippen molar-refractivity contribution in [1.82, 2.24) is 19.6 Å². The van der Waals surface area contributed by atoms with Crippen LogP contribution in [0.4, 0.5) is 0 Å². The van der Waals surface area contributed by atoms with Gasteiger partial charge in [0.15, 0.2) is 10.4 Å².